The van der Waals surface area contributed by atoms with E-state index in [-0.39, 0.29) is 26.9 Å². The molecule has 180 valence electrons. The van der Waals surface area contributed by atoms with Crippen LogP contribution in [-0.2, 0) is 9.59 Å². The topological polar surface area (TPSA) is 118 Å². The van der Waals surface area contributed by atoms with Crippen LogP contribution in [0, 0.1) is 22.0 Å². The average molecular weight is 516 g/mol. The lowest BCUT2D eigenvalue weighted by atomic mass is 9.82. The third-order valence-corrected chi connectivity index (χ3v) is 6.87. The number of nitro benzene ring substituents is 1. The molecule has 0 spiro atoms. The molecule has 0 unspecified atom stereocenters. The molecule has 2 aliphatic rings. The molecule has 1 aliphatic carbocycles. The van der Waals surface area contributed by atoms with Crippen LogP contribution in [0.3, 0.4) is 0 Å². The van der Waals surface area contributed by atoms with Gasteiger partial charge in [0.05, 0.1) is 26.8 Å². The van der Waals surface area contributed by atoms with Crippen molar-refractivity contribution in [2.75, 3.05) is 6.54 Å². The number of imide groups is 1. The Morgan fingerprint density at radius 3 is 2.29 bits per heavy atom. The molecule has 2 atom stereocenters. The molecule has 0 radical (unpaired) electrons. The number of rotatable bonds is 6. The molecule has 1 heterocycles. The van der Waals surface area contributed by atoms with E-state index in [4.69, 9.17) is 23.2 Å². The van der Waals surface area contributed by atoms with E-state index in [2.05, 4.69) is 0 Å². The fraction of sp³-hybridized carbons (Fsp3) is 0.250. The lowest BCUT2D eigenvalue weighted by Crippen LogP contribution is -2.52. The van der Waals surface area contributed by atoms with E-state index in [1.165, 1.54) is 30.3 Å². The number of non-ortho nitro benzene ring substituents is 1. The molecule has 11 heteroatoms. The van der Waals surface area contributed by atoms with Gasteiger partial charge in [-0.05, 0) is 50.1 Å². The molecule has 2 aromatic carbocycles. The SMILES string of the molecule is CC1=CC[C@@H]2C(=O)N(N(CC(=O)c3ccc([N+](=O)[O-])cc3)C(=O)c3ccc(Cl)c(Cl)c3)C(=O)[C@@H]2C1. The first-order valence-corrected chi connectivity index (χ1v) is 11.4. The Balaban J connectivity index is 1.69. The Morgan fingerprint density at radius 2 is 1.66 bits per heavy atom. The number of hydrazine groups is 1. The lowest BCUT2D eigenvalue weighted by molar-refractivity contribution is -0.384. The number of ketones is 1. The molecule has 4 rings (SSSR count). The van der Waals surface area contributed by atoms with Crippen LogP contribution < -0.4 is 0 Å². The molecule has 0 saturated carbocycles. The van der Waals surface area contributed by atoms with Gasteiger partial charge in [0.25, 0.3) is 23.4 Å². The number of amides is 3. The zero-order chi connectivity index (χ0) is 25.4. The maximum atomic E-state index is 13.5. The van der Waals surface area contributed by atoms with Crippen molar-refractivity contribution in [3.8, 4) is 0 Å². The third kappa shape index (κ3) is 4.69. The molecule has 35 heavy (non-hydrogen) atoms. The van der Waals surface area contributed by atoms with Gasteiger partial charge < -0.3 is 0 Å². The minimum absolute atomic E-state index is 0.0284. The number of nitro groups is 1. The fourth-order valence-corrected chi connectivity index (χ4v) is 4.56. The van der Waals surface area contributed by atoms with Crippen molar-refractivity contribution in [2.24, 2.45) is 11.8 Å². The van der Waals surface area contributed by atoms with E-state index in [1.807, 2.05) is 13.0 Å². The Kier molecular flexibility index (Phi) is 6.73. The van der Waals surface area contributed by atoms with Gasteiger partial charge >= 0.3 is 0 Å². The number of halogens is 2. The third-order valence-electron chi connectivity index (χ3n) is 6.14. The predicted octanol–water partition coefficient (Wildman–Crippen LogP) is 4.48. The van der Waals surface area contributed by atoms with Gasteiger partial charge in [-0.1, -0.05) is 34.9 Å². The highest BCUT2D eigenvalue weighted by atomic mass is 35.5. The minimum atomic E-state index is -0.788. The first-order valence-electron chi connectivity index (χ1n) is 10.7. The van der Waals surface area contributed by atoms with E-state index in [0.29, 0.717) is 12.8 Å². The standard InChI is InChI=1S/C24H19Cl2N3O6/c1-13-2-8-17-18(10-13)24(33)28(23(17)32)27(22(31)15-5-9-19(25)20(26)11-15)12-21(30)14-3-6-16(7-4-14)29(34)35/h2-7,9,11,17-18H,8,10,12H2,1H3/t17-,18+/m0/s1. The molecule has 1 fully saturated rings. The van der Waals surface area contributed by atoms with E-state index >= 15 is 0 Å². The number of carbonyl (C=O) groups is 4. The van der Waals surface area contributed by atoms with Crippen LogP contribution in [0.2, 0.25) is 10.0 Å². The summed E-state index contributed by atoms with van der Waals surface area (Å²) >= 11 is 12.0. The summed E-state index contributed by atoms with van der Waals surface area (Å²) in [6.45, 7) is 1.23. The van der Waals surface area contributed by atoms with Gasteiger partial charge in [0.2, 0.25) is 0 Å². The van der Waals surface area contributed by atoms with Crippen LogP contribution in [0.15, 0.2) is 54.1 Å². The van der Waals surface area contributed by atoms with Crippen LogP contribution in [0.1, 0.15) is 40.5 Å². The molecule has 0 bridgehead atoms. The van der Waals surface area contributed by atoms with Crippen molar-refractivity contribution >= 4 is 52.4 Å². The first kappa shape index (κ1) is 24.6. The fourth-order valence-electron chi connectivity index (χ4n) is 4.27. The van der Waals surface area contributed by atoms with Crippen molar-refractivity contribution in [1.29, 1.82) is 0 Å². The largest absolute Gasteiger partial charge is 0.292 e. The summed E-state index contributed by atoms with van der Waals surface area (Å²) in [5.74, 6) is -3.76. The van der Waals surface area contributed by atoms with Crippen molar-refractivity contribution in [3.63, 3.8) is 0 Å². The zero-order valence-electron chi connectivity index (χ0n) is 18.4. The van der Waals surface area contributed by atoms with Gasteiger partial charge in [-0.15, -0.1) is 0 Å². The van der Waals surface area contributed by atoms with Crippen LogP contribution in [0.5, 0.6) is 0 Å². The normalized spacial score (nSPS) is 19.3. The number of hydrogen-bond acceptors (Lipinski definition) is 6. The molecule has 3 amide bonds. The Morgan fingerprint density at radius 1 is 1.03 bits per heavy atom. The summed E-state index contributed by atoms with van der Waals surface area (Å²) in [7, 11) is 0. The number of Topliss-reactive ketones (excluding diaryl/α,β-unsaturated/α-hetero) is 1. The number of fused-ring (bicyclic) bond motifs is 1. The predicted molar refractivity (Wildman–Crippen MR) is 127 cm³/mol. The Bertz CT molecular complexity index is 1290. The van der Waals surface area contributed by atoms with E-state index in [0.717, 1.165) is 27.7 Å². The molecular weight excluding hydrogens is 497 g/mol. The van der Waals surface area contributed by atoms with Crippen LogP contribution >= 0.6 is 23.2 Å². The van der Waals surface area contributed by atoms with Crippen LogP contribution in [0.25, 0.3) is 0 Å². The van der Waals surface area contributed by atoms with Gasteiger partial charge in [0, 0.05) is 23.3 Å². The summed E-state index contributed by atoms with van der Waals surface area (Å²) in [5.41, 5.74) is 0.873. The highest BCUT2D eigenvalue weighted by molar-refractivity contribution is 6.42. The molecule has 0 N–H and O–H groups in total. The van der Waals surface area contributed by atoms with E-state index in [1.54, 1.807) is 0 Å². The summed E-state index contributed by atoms with van der Waals surface area (Å²) < 4.78 is 0. The maximum absolute atomic E-state index is 13.5. The summed E-state index contributed by atoms with van der Waals surface area (Å²) in [6, 6.07) is 8.89. The van der Waals surface area contributed by atoms with Gasteiger partial charge in [0.1, 0.15) is 6.54 Å². The van der Waals surface area contributed by atoms with E-state index < -0.39 is 46.8 Å². The second-order valence-corrected chi connectivity index (χ2v) is 9.22. The van der Waals surface area contributed by atoms with Crippen molar-refractivity contribution in [3.05, 3.63) is 85.4 Å². The average Bonchev–Trinajstić information content (AvgIpc) is 3.07. The first-order chi connectivity index (χ1) is 16.6. The second kappa shape index (κ2) is 9.59. The van der Waals surface area contributed by atoms with Crippen molar-refractivity contribution in [1.82, 2.24) is 10.0 Å². The Hall–Kier alpha value is -3.56. The molecule has 2 aromatic rings. The number of carbonyl (C=O) groups excluding carboxylic acids is 4. The smallest absolute Gasteiger partial charge is 0.273 e. The van der Waals surface area contributed by atoms with Gasteiger partial charge in [-0.3, -0.25) is 29.3 Å². The van der Waals surface area contributed by atoms with Crippen molar-refractivity contribution < 1.29 is 24.1 Å². The van der Waals surface area contributed by atoms with Crippen LogP contribution in [0.4, 0.5) is 5.69 Å². The lowest BCUT2D eigenvalue weighted by Gasteiger charge is -2.30. The molecule has 1 aliphatic heterocycles. The maximum Gasteiger partial charge on any atom is 0.273 e. The number of nitrogens with zero attached hydrogens (tertiary/aromatic N) is 3. The Labute approximate surface area is 210 Å². The summed E-state index contributed by atoms with van der Waals surface area (Å²) in [4.78, 5) is 63.4. The monoisotopic (exact) mass is 515 g/mol. The van der Waals surface area contributed by atoms with Crippen LogP contribution in [-0.4, -0.2) is 45.0 Å². The molecular formula is C24H19Cl2N3O6. The molecule has 0 aromatic heterocycles. The number of allylic oxidation sites excluding steroid dienone is 2. The van der Waals surface area contributed by atoms with Gasteiger partial charge in [0.15, 0.2) is 5.78 Å². The second-order valence-electron chi connectivity index (χ2n) is 8.41. The molecule has 9 nitrogen and oxygen atoms in total. The van der Waals surface area contributed by atoms with E-state index in [9.17, 15) is 29.3 Å². The number of hydrogen-bond donors (Lipinski definition) is 0. The quantitative estimate of drug-likeness (QED) is 0.184. The molecule has 1 saturated heterocycles. The minimum Gasteiger partial charge on any atom is -0.292 e. The highest BCUT2D eigenvalue weighted by Crippen LogP contribution is 2.38. The van der Waals surface area contributed by atoms with Gasteiger partial charge in [-0.2, -0.15) is 5.01 Å². The summed E-state index contributed by atoms with van der Waals surface area (Å²) in [5, 5.41) is 12.8. The zero-order valence-corrected chi connectivity index (χ0v) is 20.0. The summed E-state index contributed by atoms with van der Waals surface area (Å²) in [6.07, 6.45) is 2.64. The number of benzene rings is 2. The van der Waals surface area contributed by atoms with Crippen molar-refractivity contribution in [2.45, 2.75) is 19.8 Å². The highest BCUT2D eigenvalue weighted by Gasteiger charge is 2.51. The van der Waals surface area contributed by atoms with Gasteiger partial charge in [-0.25, -0.2) is 5.01 Å².